The van der Waals surface area contributed by atoms with Crippen LogP contribution in [-0.2, 0) is 37.0 Å². The molecule has 12 heteroatoms. The van der Waals surface area contributed by atoms with E-state index in [1.165, 1.54) is 31.0 Å². The van der Waals surface area contributed by atoms with Crippen LogP contribution in [0.2, 0.25) is 0 Å². The topological polar surface area (TPSA) is 141 Å². The van der Waals surface area contributed by atoms with Crippen molar-refractivity contribution in [3.63, 3.8) is 0 Å². The summed E-state index contributed by atoms with van der Waals surface area (Å²) in [5, 5.41) is 2.58. The number of carbonyl (C=O) groups excluding carboxylic acids is 3. The zero-order valence-corrected chi connectivity index (χ0v) is 25.5. The van der Waals surface area contributed by atoms with Crippen molar-refractivity contribution in [3.05, 3.63) is 88.3 Å². The van der Waals surface area contributed by atoms with E-state index in [-0.39, 0.29) is 44.3 Å². The first-order chi connectivity index (χ1) is 21.0. The molecule has 0 radical (unpaired) electrons. The number of esters is 2. The Morgan fingerprint density at radius 2 is 1.55 bits per heavy atom. The van der Waals surface area contributed by atoms with Gasteiger partial charge in [0.25, 0.3) is 11.5 Å². The van der Waals surface area contributed by atoms with Crippen molar-refractivity contribution in [1.29, 1.82) is 0 Å². The molecule has 2 aromatic carbocycles. The number of rotatable bonds is 15. The Balaban J connectivity index is 1.70. The lowest BCUT2D eigenvalue weighted by Gasteiger charge is -2.20. The van der Waals surface area contributed by atoms with Crippen LogP contribution in [0.25, 0.3) is 0 Å². The molecule has 3 aromatic rings. The van der Waals surface area contributed by atoms with Crippen LogP contribution < -0.4 is 25.1 Å². The SMILES string of the molecule is COCCn1ccc(C(=O)NC(COc2ccc(OCC(=O)OC(C)(C)C)cc2)C(=O)OC)c(OCc2ccccc2)c1=O. The van der Waals surface area contributed by atoms with E-state index in [9.17, 15) is 19.2 Å². The Hall–Kier alpha value is -4.84. The highest BCUT2D eigenvalue weighted by Gasteiger charge is 2.26. The predicted molar refractivity (Wildman–Crippen MR) is 160 cm³/mol. The van der Waals surface area contributed by atoms with Crippen LogP contribution in [0.4, 0.5) is 0 Å². The maximum atomic E-state index is 13.4. The van der Waals surface area contributed by atoms with Gasteiger partial charge in [0.1, 0.15) is 30.3 Å². The van der Waals surface area contributed by atoms with Gasteiger partial charge in [-0.15, -0.1) is 0 Å². The number of nitrogens with zero attached hydrogens (tertiary/aromatic N) is 1. The highest BCUT2D eigenvalue weighted by Crippen LogP contribution is 2.19. The Kier molecular flexibility index (Phi) is 12.3. The molecule has 1 unspecified atom stereocenters. The summed E-state index contributed by atoms with van der Waals surface area (Å²) in [6.07, 6.45) is 1.46. The summed E-state index contributed by atoms with van der Waals surface area (Å²) in [7, 11) is 2.70. The summed E-state index contributed by atoms with van der Waals surface area (Å²) in [6, 6.07) is 15.7. The van der Waals surface area contributed by atoms with Crippen molar-refractivity contribution >= 4 is 17.8 Å². The van der Waals surface area contributed by atoms with Crippen molar-refractivity contribution in [2.75, 3.05) is 34.0 Å². The van der Waals surface area contributed by atoms with E-state index >= 15 is 0 Å². The molecule has 44 heavy (non-hydrogen) atoms. The maximum absolute atomic E-state index is 13.4. The summed E-state index contributed by atoms with van der Waals surface area (Å²) in [6.45, 7) is 5.33. The molecule has 1 aromatic heterocycles. The smallest absolute Gasteiger partial charge is 0.344 e. The second-order valence-electron chi connectivity index (χ2n) is 10.5. The van der Waals surface area contributed by atoms with Gasteiger partial charge in [0.2, 0.25) is 0 Å². The minimum atomic E-state index is -1.21. The second-order valence-corrected chi connectivity index (χ2v) is 10.5. The number of benzene rings is 2. The van der Waals surface area contributed by atoms with Crippen LogP contribution in [0.1, 0.15) is 36.7 Å². The number of hydrogen-bond acceptors (Lipinski definition) is 10. The zero-order chi connectivity index (χ0) is 32.1. The normalized spacial score (nSPS) is 11.7. The summed E-state index contributed by atoms with van der Waals surface area (Å²) >= 11 is 0. The number of hydrogen-bond donors (Lipinski definition) is 1. The van der Waals surface area contributed by atoms with Crippen molar-refractivity contribution in [1.82, 2.24) is 9.88 Å². The lowest BCUT2D eigenvalue weighted by molar-refractivity contribution is -0.157. The molecule has 1 N–H and O–H groups in total. The lowest BCUT2D eigenvalue weighted by Crippen LogP contribution is -2.46. The van der Waals surface area contributed by atoms with Crippen LogP contribution in [0.5, 0.6) is 17.2 Å². The molecule has 12 nitrogen and oxygen atoms in total. The number of amides is 1. The second kappa shape index (κ2) is 16.1. The van der Waals surface area contributed by atoms with E-state index in [1.54, 1.807) is 45.0 Å². The van der Waals surface area contributed by atoms with Crippen molar-refractivity contribution < 1.29 is 42.8 Å². The van der Waals surface area contributed by atoms with Gasteiger partial charge in [-0.05, 0) is 56.7 Å². The van der Waals surface area contributed by atoms with Gasteiger partial charge in [-0.3, -0.25) is 9.59 Å². The molecule has 1 heterocycles. The van der Waals surface area contributed by atoms with Crippen LogP contribution in [0, 0.1) is 0 Å². The molecular weight excluding hydrogens is 572 g/mol. The molecule has 0 bridgehead atoms. The first kappa shape index (κ1) is 33.7. The predicted octanol–water partition coefficient (Wildman–Crippen LogP) is 3.14. The van der Waals surface area contributed by atoms with Gasteiger partial charge in [-0.25, -0.2) is 9.59 Å². The van der Waals surface area contributed by atoms with Crippen molar-refractivity contribution in [2.45, 2.75) is 45.6 Å². The van der Waals surface area contributed by atoms with E-state index in [0.29, 0.717) is 11.5 Å². The average molecular weight is 611 g/mol. The molecule has 0 fully saturated rings. The van der Waals surface area contributed by atoms with E-state index in [2.05, 4.69) is 5.32 Å². The Morgan fingerprint density at radius 3 is 2.16 bits per heavy atom. The van der Waals surface area contributed by atoms with Crippen LogP contribution in [0.15, 0.2) is 71.7 Å². The third-order valence-electron chi connectivity index (χ3n) is 5.94. The largest absolute Gasteiger partial charge is 0.491 e. The zero-order valence-electron chi connectivity index (χ0n) is 25.5. The van der Waals surface area contributed by atoms with Gasteiger partial charge in [-0.1, -0.05) is 30.3 Å². The minimum Gasteiger partial charge on any atom is -0.491 e. The van der Waals surface area contributed by atoms with Crippen LogP contribution >= 0.6 is 0 Å². The van der Waals surface area contributed by atoms with E-state index < -0.39 is 35.0 Å². The highest BCUT2D eigenvalue weighted by atomic mass is 16.6. The van der Waals surface area contributed by atoms with Gasteiger partial charge in [0, 0.05) is 19.9 Å². The minimum absolute atomic E-state index is 0.0473. The molecule has 0 spiro atoms. The highest BCUT2D eigenvalue weighted by molar-refractivity contribution is 5.99. The Bertz CT molecular complexity index is 1450. The number of methoxy groups -OCH3 is 2. The van der Waals surface area contributed by atoms with E-state index in [1.807, 2.05) is 30.3 Å². The van der Waals surface area contributed by atoms with Gasteiger partial charge >= 0.3 is 11.9 Å². The summed E-state index contributed by atoms with van der Waals surface area (Å²) in [4.78, 5) is 51.0. The average Bonchev–Trinajstić information content (AvgIpc) is 3.00. The number of carbonyl (C=O) groups is 3. The molecule has 0 saturated heterocycles. The first-order valence-corrected chi connectivity index (χ1v) is 13.9. The third kappa shape index (κ3) is 10.5. The number of aromatic nitrogens is 1. The molecule has 0 aliphatic heterocycles. The van der Waals surface area contributed by atoms with Gasteiger partial charge in [0.15, 0.2) is 18.4 Å². The maximum Gasteiger partial charge on any atom is 0.344 e. The number of pyridine rings is 1. The third-order valence-corrected chi connectivity index (χ3v) is 5.94. The molecule has 1 atom stereocenters. The fourth-order valence-corrected chi connectivity index (χ4v) is 3.84. The molecular formula is C32H38N2O10. The number of nitrogens with one attached hydrogen (secondary N) is 1. The monoisotopic (exact) mass is 610 g/mol. The standard InChI is InChI=1S/C32H38N2O10/c1-32(2,3)44-27(35)21-42-24-13-11-23(12-14-24)41-20-26(31(38)40-5)33-29(36)25-15-16-34(17-18-39-4)30(37)28(25)43-19-22-9-7-6-8-10-22/h6-16,26H,17-21H2,1-5H3,(H,33,36). The molecule has 0 aliphatic rings. The molecule has 0 saturated carbocycles. The van der Waals surface area contributed by atoms with Gasteiger partial charge < -0.3 is 38.3 Å². The summed E-state index contributed by atoms with van der Waals surface area (Å²) < 4.78 is 33.5. The molecule has 0 aliphatic carbocycles. The Morgan fingerprint density at radius 1 is 0.886 bits per heavy atom. The van der Waals surface area contributed by atoms with Crippen molar-refractivity contribution in [3.8, 4) is 17.2 Å². The first-order valence-electron chi connectivity index (χ1n) is 13.9. The van der Waals surface area contributed by atoms with Gasteiger partial charge in [-0.2, -0.15) is 0 Å². The fourth-order valence-electron chi connectivity index (χ4n) is 3.84. The molecule has 1 amide bonds. The summed E-state index contributed by atoms with van der Waals surface area (Å²) in [5.41, 5.74) is -0.400. The van der Waals surface area contributed by atoms with E-state index in [0.717, 1.165) is 5.56 Å². The Labute approximate surface area is 255 Å². The van der Waals surface area contributed by atoms with Crippen LogP contribution in [-0.4, -0.2) is 68.1 Å². The quantitative estimate of drug-likeness (QED) is 0.255. The molecule has 236 valence electrons. The molecule has 3 rings (SSSR count). The van der Waals surface area contributed by atoms with E-state index in [4.69, 9.17) is 28.4 Å². The number of ether oxygens (including phenoxy) is 6. The van der Waals surface area contributed by atoms with Gasteiger partial charge in [0.05, 0.1) is 19.3 Å². The van der Waals surface area contributed by atoms with Crippen LogP contribution in [0.3, 0.4) is 0 Å². The summed E-state index contributed by atoms with van der Waals surface area (Å²) in [5.74, 6) is -1.38. The fraction of sp³-hybridized carbons (Fsp3) is 0.375. The van der Waals surface area contributed by atoms with Crippen molar-refractivity contribution in [2.24, 2.45) is 0 Å². The lowest BCUT2D eigenvalue weighted by atomic mass is 10.2.